The molecule has 0 aromatic heterocycles. The summed E-state index contributed by atoms with van der Waals surface area (Å²) in [4.78, 5) is 11.0. The van der Waals surface area contributed by atoms with E-state index >= 15 is 0 Å². The number of alkyl halides is 1. The van der Waals surface area contributed by atoms with Gasteiger partial charge in [-0.3, -0.25) is 0 Å². The lowest BCUT2D eigenvalue weighted by Crippen LogP contribution is -2.37. The van der Waals surface area contributed by atoms with Crippen LogP contribution in [0.1, 0.15) is 19.3 Å². The molecule has 0 aromatic carbocycles. The fourth-order valence-corrected chi connectivity index (χ4v) is 3.65. The SMILES string of the molecule is O=C([O-])C1CC2CC(Br)C1C2. The maximum atomic E-state index is 10.6. The summed E-state index contributed by atoms with van der Waals surface area (Å²) in [5.74, 6) is -0.0166. The Morgan fingerprint density at radius 3 is 2.45 bits per heavy atom. The number of hydrogen-bond acceptors (Lipinski definition) is 2. The molecule has 2 rings (SSSR count). The highest BCUT2D eigenvalue weighted by atomic mass is 79.9. The second-order valence-electron chi connectivity index (χ2n) is 3.68. The zero-order chi connectivity index (χ0) is 8.01. The predicted octanol–water partition coefficient (Wildman–Crippen LogP) is 0.546. The van der Waals surface area contributed by atoms with Crippen LogP contribution in [0.4, 0.5) is 0 Å². The van der Waals surface area contributed by atoms with Gasteiger partial charge in [-0.25, -0.2) is 0 Å². The number of carbonyl (C=O) groups is 1. The van der Waals surface area contributed by atoms with E-state index in [1.165, 1.54) is 0 Å². The third kappa shape index (κ3) is 1.10. The van der Waals surface area contributed by atoms with E-state index in [1.807, 2.05) is 0 Å². The highest BCUT2D eigenvalue weighted by Gasteiger charge is 2.45. The molecule has 2 aliphatic carbocycles. The van der Waals surface area contributed by atoms with Crippen molar-refractivity contribution in [2.45, 2.75) is 24.1 Å². The molecule has 0 radical (unpaired) electrons. The molecule has 0 spiro atoms. The highest BCUT2D eigenvalue weighted by molar-refractivity contribution is 9.09. The molecule has 62 valence electrons. The Morgan fingerprint density at radius 2 is 2.09 bits per heavy atom. The van der Waals surface area contributed by atoms with Crippen LogP contribution in [0.2, 0.25) is 0 Å². The van der Waals surface area contributed by atoms with E-state index in [2.05, 4.69) is 15.9 Å². The molecular formula is C8H10BrO2-. The third-order valence-corrected chi connectivity index (χ3v) is 4.09. The van der Waals surface area contributed by atoms with Gasteiger partial charge in [-0.2, -0.15) is 0 Å². The molecule has 2 fully saturated rings. The van der Waals surface area contributed by atoms with E-state index in [-0.39, 0.29) is 5.92 Å². The van der Waals surface area contributed by atoms with Crippen molar-refractivity contribution in [2.75, 3.05) is 0 Å². The lowest BCUT2D eigenvalue weighted by atomic mass is 9.89. The molecule has 3 heteroatoms. The van der Waals surface area contributed by atoms with Crippen LogP contribution in [0.3, 0.4) is 0 Å². The van der Waals surface area contributed by atoms with Crippen molar-refractivity contribution in [3.8, 4) is 0 Å². The van der Waals surface area contributed by atoms with Crippen molar-refractivity contribution in [3.05, 3.63) is 0 Å². The van der Waals surface area contributed by atoms with Crippen molar-refractivity contribution in [1.82, 2.24) is 0 Å². The average Bonchev–Trinajstić information content (AvgIpc) is 2.43. The van der Waals surface area contributed by atoms with E-state index in [9.17, 15) is 9.90 Å². The van der Waals surface area contributed by atoms with Crippen LogP contribution in [-0.2, 0) is 4.79 Å². The monoisotopic (exact) mass is 217 g/mol. The zero-order valence-corrected chi connectivity index (χ0v) is 7.71. The van der Waals surface area contributed by atoms with E-state index < -0.39 is 5.97 Å². The molecule has 0 saturated heterocycles. The fraction of sp³-hybridized carbons (Fsp3) is 0.875. The lowest BCUT2D eigenvalue weighted by molar-refractivity contribution is -0.313. The first-order valence-electron chi connectivity index (χ1n) is 4.03. The smallest absolute Gasteiger partial charge is 0.0448 e. The van der Waals surface area contributed by atoms with Crippen LogP contribution in [0, 0.1) is 17.8 Å². The molecule has 0 heterocycles. The standard InChI is InChI=1S/C8H11BrO2/c9-7-3-4-1-5(7)6(2-4)8(10)11/h4-7H,1-3H2,(H,10,11)/p-1. The van der Waals surface area contributed by atoms with Crippen molar-refractivity contribution in [3.63, 3.8) is 0 Å². The molecule has 0 aromatic rings. The van der Waals surface area contributed by atoms with E-state index in [1.54, 1.807) is 0 Å². The summed E-state index contributed by atoms with van der Waals surface area (Å²) in [6, 6.07) is 0. The zero-order valence-electron chi connectivity index (χ0n) is 6.13. The number of aliphatic carboxylic acids is 1. The Morgan fingerprint density at radius 1 is 1.36 bits per heavy atom. The van der Waals surface area contributed by atoms with E-state index in [0.717, 1.165) is 19.3 Å². The molecular weight excluding hydrogens is 208 g/mol. The molecule has 2 nitrogen and oxygen atoms in total. The van der Waals surface area contributed by atoms with Gasteiger partial charge in [-0.15, -0.1) is 0 Å². The van der Waals surface area contributed by atoms with Gasteiger partial charge in [-0.05, 0) is 31.1 Å². The van der Waals surface area contributed by atoms with Gasteiger partial charge in [0.15, 0.2) is 0 Å². The molecule has 4 unspecified atom stereocenters. The third-order valence-electron chi connectivity index (χ3n) is 3.04. The van der Waals surface area contributed by atoms with Gasteiger partial charge >= 0.3 is 0 Å². The number of hydrogen-bond donors (Lipinski definition) is 0. The summed E-state index contributed by atoms with van der Waals surface area (Å²) in [6.45, 7) is 0. The number of carbonyl (C=O) groups excluding carboxylic acids is 1. The Hall–Kier alpha value is -0.0500. The molecule has 2 bridgehead atoms. The Bertz CT molecular complexity index is 193. The largest absolute Gasteiger partial charge is 0.550 e. The second-order valence-corrected chi connectivity index (χ2v) is 4.85. The predicted molar refractivity (Wildman–Crippen MR) is 42.0 cm³/mol. The fourth-order valence-electron chi connectivity index (χ4n) is 2.54. The van der Waals surface area contributed by atoms with Crippen LogP contribution in [0.5, 0.6) is 0 Å². The summed E-state index contributed by atoms with van der Waals surface area (Å²) < 4.78 is 0. The minimum absolute atomic E-state index is 0.168. The molecule has 2 saturated carbocycles. The van der Waals surface area contributed by atoms with Gasteiger partial charge in [0.1, 0.15) is 0 Å². The molecule has 4 atom stereocenters. The Balaban J connectivity index is 2.12. The summed E-state index contributed by atoms with van der Waals surface area (Å²) in [5.41, 5.74) is 0. The van der Waals surface area contributed by atoms with Crippen LogP contribution < -0.4 is 5.11 Å². The topological polar surface area (TPSA) is 40.1 Å². The van der Waals surface area contributed by atoms with Gasteiger partial charge < -0.3 is 9.90 Å². The van der Waals surface area contributed by atoms with E-state index in [0.29, 0.717) is 16.7 Å². The number of halogens is 1. The summed E-state index contributed by atoms with van der Waals surface area (Å²) >= 11 is 3.51. The summed E-state index contributed by atoms with van der Waals surface area (Å²) in [7, 11) is 0. The first-order chi connectivity index (χ1) is 5.18. The van der Waals surface area contributed by atoms with Crippen LogP contribution in [0.15, 0.2) is 0 Å². The number of carboxylic acid groups (broad SMARTS) is 1. The van der Waals surface area contributed by atoms with Crippen LogP contribution >= 0.6 is 15.9 Å². The maximum absolute atomic E-state index is 10.6. The summed E-state index contributed by atoms with van der Waals surface area (Å²) in [6.07, 6.45) is 3.11. The molecule has 2 aliphatic rings. The second kappa shape index (κ2) is 2.47. The van der Waals surface area contributed by atoms with E-state index in [4.69, 9.17) is 0 Å². The highest BCUT2D eigenvalue weighted by Crippen LogP contribution is 2.50. The van der Waals surface area contributed by atoms with Crippen molar-refractivity contribution in [2.24, 2.45) is 17.8 Å². The number of rotatable bonds is 1. The molecule has 11 heavy (non-hydrogen) atoms. The summed E-state index contributed by atoms with van der Waals surface area (Å²) in [5, 5.41) is 10.6. The van der Waals surface area contributed by atoms with Crippen molar-refractivity contribution in [1.29, 1.82) is 0 Å². The number of fused-ring (bicyclic) bond motifs is 2. The first-order valence-corrected chi connectivity index (χ1v) is 4.95. The number of carboxylic acids is 1. The van der Waals surface area contributed by atoms with Crippen LogP contribution in [-0.4, -0.2) is 10.8 Å². The normalized spacial score (nSPS) is 48.1. The minimum Gasteiger partial charge on any atom is -0.550 e. The quantitative estimate of drug-likeness (QED) is 0.603. The van der Waals surface area contributed by atoms with Gasteiger partial charge in [0, 0.05) is 16.7 Å². The Kier molecular flexibility index (Phi) is 1.71. The first kappa shape index (κ1) is 7.59. The van der Waals surface area contributed by atoms with Gasteiger partial charge in [0.25, 0.3) is 0 Å². The molecule has 0 amide bonds. The van der Waals surface area contributed by atoms with Crippen LogP contribution in [0.25, 0.3) is 0 Å². The van der Waals surface area contributed by atoms with Gasteiger partial charge in [0.05, 0.1) is 0 Å². The molecule has 0 aliphatic heterocycles. The maximum Gasteiger partial charge on any atom is 0.0448 e. The van der Waals surface area contributed by atoms with Gasteiger partial charge in [0.2, 0.25) is 0 Å². The van der Waals surface area contributed by atoms with Crippen molar-refractivity contribution >= 4 is 21.9 Å². The Labute approximate surface area is 74.1 Å². The minimum atomic E-state index is -0.846. The lowest BCUT2D eigenvalue weighted by Gasteiger charge is -2.26. The molecule has 0 N–H and O–H groups in total. The van der Waals surface area contributed by atoms with Crippen molar-refractivity contribution < 1.29 is 9.90 Å². The average molecular weight is 218 g/mol. The van der Waals surface area contributed by atoms with Gasteiger partial charge in [-0.1, -0.05) is 15.9 Å².